The molecule has 3 atom stereocenters. The Bertz CT molecular complexity index is 1830. The second kappa shape index (κ2) is 10.5. The smallest absolute Gasteiger partial charge is 0.350 e. The Morgan fingerprint density at radius 3 is 2.60 bits per heavy atom. The van der Waals surface area contributed by atoms with Crippen LogP contribution in [0.1, 0.15) is 25.5 Å². The third kappa shape index (κ3) is 4.47. The zero-order chi connectivity index (χ0) is 30.2. The summed E-state index contributed by atoms with van der Waals surface area (Å²) in [4.78, 5) is 38.6. The maximum atomic E-state index is 14.0. The lowest BCUT2D eigenvalue weighted by atomic mass is 9.95. The minimum atomic E-state index is -0.801. The van der Waals surface area contributed by atoms with E-state index in [4.69, 9.17) is 4.98 Å². The summed E-state index contributed by atoms with van der Waals surface area (Å²) in [6, 6.07) is 8.15. The van der Waals surface area contributed by atoms with Crippen LogP contribution < -0.4 is 10.6 Å². The van der Waals surface area contributed by atoms with Crippen molar-refractivity contribution in [2.45, 2.75) is 50.0 Å². The van der Waals surface area contributed by atoms with E-state index in [0.29, 0.717) is 44.3 Å². The highest BCUT2D eigenvalue weighted by Crippen LogP contribution is 2.47. The number of rotatable bonds is 5. The lowest BCUT2D eigenvalue weighted by molar-refractivity contribution is -0.130. The van der Waals surface area contributed by atoms with Crippen LogP contribution in [0, 0.1) is 6.92 Å². The molecule has 3 aliphatic rings. The number of thioether (sulfide) groups is 1. The van der Waals surface area contributed by atoms with Gasteiger partial charge in [0.1, 0.15) is 12.0 Å². The number of hydrogen-bond acceptors (Lipinski definition) is 7. The van der Waals surface area contributed by atoms with E-state index >= 15 is 0 Å². The van der Waals surface area contributed by atoms with E-state index in [1.807, 2.05) is 41.2 Å². The van der Waals surface area contributed by atoms with Crippen molar-refractivity contribution >= 4 is 45.3 Å². The Hall–Kier alpha value is -3.70. The zero-order valence-electron chi connectivity index (χ0n) is 25.0. The quantitative estimate of drug-likeness (QED) is 0.318. The summed E-state index contributed by atoms with van der Waals surface area (Å²) in [5.74, 6) is 1.27. The van der Waals surface area contributed by atoms with Crippen LogP contribution in [0.2, 0.25) is 0 Å². The summed E-state index contributed by atoms with van der Waals surface area (Å²) in [5, 5.41) is 6.52. The number of fused-ring (bicyclic) bond motifs is 1. The van der Waals surface area contributed by atoms with Crippen molar-refractivity contribution < 1.29 is 9.18 Å². The number of halogens is 1. The first-order valence-corrected chi connectivity index (χ1v) is 15.8. The first kappa shape index (κ1) is 28.1. The van der Waals surface area contributed by atoms with Gasteiger partial charge in [-0.05, 0) is 38.5 Å². The number of piperazine rings is 1. The molecule has 0 N–H and O–H groups in total. The van der Waals surface area contributed by atoms with Crippen LogP contribution in [0.5, 0.6) is 0 Å². The van der Waals surface area contributed by atoms with Crippen LogP contribution in [0.3, 0.4) is 0 Å². The van der Waals surface area contributed by atoms with Crippen LogP contribution in [0.25, 0.3) is 32.9 Å². The average Bonchev–Trinajstić information content (AvgIpc) is 3.34. The normalized spacial score (nSPS) is 22.8. The third-order valence-corrected chi connectivity index (χ3v) is 10.4. The molecule has 43 heavy (non-hydrogen) atoms. The molecular formula is C32H36FN7O2S. The summed E-state index contributed by atoms with van der Waals surface area (Å²) in [5.41, 5.74) is 4.93. The monoisotopic (exact) mass is 601 g/mol. The van der Waals surface area contributed by atoms with Gasteiger partial charge in [-0.2, -0.15) is 10.1 Å². The number of para-hydroxylation sites is 1. The summed E-state index contributed by atoms with van der Waals surface area (Å²) in [7, 11) is 1.96. The third-order valence-electron chi connectivity index (χ3n) is 9.19. The molecule has 1 amide bonds. The van der Waals surface area contributed by atoms with Gasteiger partial charge in [-0.15, -0.1) is 11.8 Å². The minimum absolute atomic E-state index is 0.0779. The molecule has 0 spiro atoms. The fourth-order valence-corrected chi connectivity index (χ4v) is 8.73. The number of hydrogen-bond donors (Lipinski definition) is 0. The Morgan fingerprint density at radius 2 is 1.91 bits per heavy atom. The van der Waals surface area contributed by atoms with Gasteiger partial charge in [0.2, 0.25) is 5.91 Å². The van der Waals surface area contributed by atoms with E-state index in [1.54, 1.807) is 11.8 Å². The number of anilines is 1. The molecule has 4 aromatic rings. The Balaban J connectivity index is 1.44. The highest BCUT2D eigenvalue weighted by Gasteiger charge is 2.37. The van der Waals surface area contributed by atoms with E-state index in [9.17, 15) is 14.0 Å². The number of aromatic nitrogens is 4. The number of nitrogens with zero attached hydrogens (tertiary/aromatic N) is 7. The molecule has 1 unspecified atom stereocenters. The molecule has 9 nitrogen and oxygen atoms in total. The lowest BCUT2D eigenvalue weighted by Gasteiger charge is -2.45. The molecule has 224 valence electrons. The summed E-state index contributed by atoms with van der Waals surface area (Å²) in [6.45, 7) is 12.4. The SMILES string of the molecule is C=CC(=O)N1[C@H](C)CN(c2nc(=O)n3c4c(c(-c5cccc6cnn(C)c56)c(C)cc24)SCC3CN2CC(F)C2)C[C@@H]1C. The van der Waals surface area contributed by atoms with Crippen molar-refractivity contribution in [1.29, 1.82) is 0 Å². The fraction of sp³-hybridized carbons (Fsp3) is 0.438. The molecule has 7 rings (SSSR count). The number of amides is 1. The van der Waals surface area contributed by atoms with Crippen molar-refractivity contribution in [2.75, 3.05) is 43.4 Å². The largest absolute Gasteiger partial charge is 0.352 e. The Labute approximate surface area is 253 Å². The highest BCUT2D eigenvalue weighted by molar-refractivity contribution is 7.99. The van der Waals surface area contributed by atoms with Gasteiger partial charge in [0.25, 0.3) is 0 Å². The standard InChI is InChI=1S/C32H36FN7O2S/c1-6-26(41)39-19(3)12-38(13-20(39)4)31-25-10-18(2)27(24-9-7-8-21-11-34-36(5)28(21)24)30-29(25)40(32(42)35-31)23(17-43-30)16-37-14-22(33)15-37/h6-11,19-20,22-23H,1,12-17H2,2-5H3/t19-,20+,23?. The van der Waals surface area contributed by atoms with E-state index in [-0.39, 0.29) is 29.7 Å². The van der Waals surface area contributed by atoms with E-state index < -0.39 is 6.17 Å². The predicted molar refractivity (Wildman–Crippen MR) is 170 cm³/mol. The summed E-state index contributed by atoms with van der Waals surface area (Å²) < 4.78 is 17.5. The molecule has 2 saturated heterocycles. The van der Waals surface area contributed by atoms with Crippen LogP contribution in [0.15, 0.2) is 52.8 Å². The molecular weight excluding hydrogens is 565 g/mol. The number of alkyl halides is 1. The zero-order valence-corrected chi connectivity index (χ0v) is 25.8. The van der Waals surface area contributed by atoms with Crippen molar-refractivity contribution in [3.63, 3.8) is 0 Å². The van der Waals surface area contributed by atoms with E-state index in [2.05, 4.69) is 52.7 Å². The highest BCUT2D eigenvalue weighted by atomic mass is 32.2. The number of carbonyl (C=O) groups is 1. The maximum absolute atomic E-state index is 14.0. The van der Waals surface area contributed by atoms with Gasteiger partial charge in [0, 0.05) is 84.4 Å². The van der Waals surface area contributed by atoms with Crippen molar-refractivity contribution in [1.82, 2.24) is 29.1 Å². The van der Waals surface area contributed by atoms with Crippen LogP contribution in [0.4, 0.5) is 10.2 Å². The molecule has 0 aliphatic carbocycles. The number of likely N-dealkylation sites (tertiary alicyclic amines) is 1. The van der Waals surface area contributed by atoms with E-state index in [0.717, 1.165) is 43.4 Å². The van der Waals surface area contributed by atoms with Gasteiger partial charge in [0.05, 0.1) is 23.3 Å². The molecule has 2 aromatic heterocycles. The average molecular weight is 602 g/mol. The van der Waals surface area contributed by atoms with Gasteiger partial charge in [-0.3, -0.25) is 18.9 Å². The first-order valence-electron chi connectivity index (χ1n) is 14.9. The minimum Gasteiger partial charge on any atom is -0.352 e. The number of benzene rings is 2. The second-order valence-electron chi connectivity index (χ2n) is 12.2. The molecule has 0 radical (unpaired) electrons. The van der Waals surface area contributed by atoms with E-state index in [1.165, 1.54) is 6.08 Å². The van der Waals surface area contributed by atoms with Crippen molar-refractivity contribution in [3.05, 3.63) is 59.2 Å². The maximum Gasteiger partial charge on any atom is 0.350 e. The molecule has 0 bridgehead atoms. The van der Waals surface area contributed by atoms with Gasteiger partial charge in [-0.1, -0.05) is 24.8 Å². The molecule has 2 fully saturated rings. The van der Waals surface area contributed by atoms with Gasteiger partial charge < -0.3 is 9.80 Å². The molecule has 0 saturated carbocycles. The predicted octanol–water partition coefficient (Wildman–Crippen LogP) is 4.17. The molecule has 5 heterocycles. The first-order chi connectivity index (χ1) is 20.7. The number of carbonyl (C=O) groups excluding carboxylic acids is 1. The van der Waals surface area contributed by atoms with Crippen LogP contribution in [-0.2, 0) is 11.8 Å². The van der Waals surface area contributed by atoms with Gasteiger partial charge in [0.15, 0.2) is 0 Å². The van der Waals surface area contributed by atoms with Crippen LogP contribution in [-0.4, -0.2) is 91.8 Å². The van der Waals surface area contributed by atoms with Crippen molar-refractivity contribution in [2.24, 2.45) is 7.05 Å². The van der Waals surface area contributed by atoms with Crippen molar-refractivity contribution in [3.8, 4) is 11.1 Å². The second-order valence-corrected chi connectivity index (χ2v) is 13.3. The molecule has 11 heteroatoms. The summed E-state index contributed by atoms with van der Waals surface area (Å²) in [6.07, 6.45) is 2.45. The summed E-state index contributed by atoms with van der Waals surface area (Å²) >= 11 is 1.77. The van der Waals surface area contributed by atoms with Gasteiger partial charge >= 0.3 is 5.69 Å². The Kier molecular flexibility index (Phi) is 6.85. The van der Waals surface area contributed by atoms with Gasteiger partial charge in [-0.25, -0.2) is 9.18 Å². The lowest BCUT2D eigenvalue weighted by Crippen LogP contribution is -2.59. The Morgan fingerprint density at radius 1 is 1.16 bits per heavy atom. The topological polar surface area (TPSA) is 79.5 Å². The van der Waals surface area contributed by atoms with Crippen LogP contribution >= 0.6 is 11.8 Å². The number of aryl methyl sites for hydroxylation is 2. The molecule has 3 aliphatic heterocycles. The fourth-order valence-electron chi connectivity index (χ4n) is 7.35. The molecule has 2 aromatic carbocycles.